The summed E-state index contributed by atoms with van der Waals surface area (Å²) >= 11 is 19.2. The van der Waals surface area contributed by atoms with E-state index in [0.29, 0.717) is 33.1 Å². The van der Waals surface area contributed by atoms with Gasteiger partial charge in [0.15, 0.2) is 0 Å². The summed E-state index contributed by atoms with van der Waals surface area (Å²) in [6, 6.07) is 3.07. The average molecular weight is 328 g/mol. The number of anilines is 1. The van der Waals surface area contributed by atoms with E-state index in [1.165, 1.54) is 23.9 Å². The Balaban J connectivity index is 2.54. The number of nitrogens with two attached hydrogens (primary N) is 1. The normalized spacial score (nSPS) is 10.4. The molecule has 7 heteroatoms. The van der Waals surface area contributed by atoms with Crippen molar-refractivity contribution in [2.45, 2.75) is 6.42 Å². The Bertz CT molecular complexity index is 406. The zero-order valence-corrected chi connectivity index (χ0v) is 12.6. The highest BCUT2D eigenvalue weighted by Crippen LogP contribution is 2.33. The quantitative estimate of drug-likeness (QED) is 0.784. The van der Waals surface area contributed by atoms with Crippen molar-refractivity contribution in [3.05, 3.63) is 27.2 Å². The molecule has 0 heterocycles. The van der Waals surface area contributed by atoms with Crippen LogP contribution in [-0.2, 0) is 4.79 Å². The maximum Gasteiger partial charge on any atom is 0.234 e. The minimum atomic E-state index is -0.150. The number of amides is 1. The Labute approximate surface area is 125 Å². The van der Waals surface area contributed by atoms with Gasteiger partial charge in [-0.25, -0.2) is 0 Å². The van der Waals surface area contributed by atoms with Crippen molar-refractivity contribution in [2.75, 3.05) is 23.4 Å². The monoisotopic (exact) mass is 326 g/mol. The number of hydrogen-bond acceptors (Lipinski definition) is 3. The first-order valence-corrected chi connectivity index (χ1v) is 7.55. The molecule has 0 aliphatic heterocycles. The van der Waals surface area contributed by atoms with Crippen molar-refractivity contribution < 1.29 is 4.79 Å². The van der Waals surface area contributed by atoms with E-state index in [1.807, 2.05) is 0 Å². The molecular weight excluding hydrogens is 315 g/mol. The van der Waals surface area contributed by atoms with Gasteiger partial charge in [0.05, 0.1) is 21.5 Å². The molecule has 1 aromatic carbocycles. The Kier molecular flexibility index (Phi) is 7.19. The maximum atomic E-state index is 11.7. The van der Waals surface area contributed by atoms with Crippen molar-refractivity contribution in [3.63, 3.8) is 0 Å². The third kappa shape index (κ3) is 5.24. The fourth-order valence-corrected chi connectivity index (χ4v) is 2.87. The molecule has 0 aliphatic carbocycles. The molecule has 3 nitrogen and oxygen atoms in total. The fourth-order valence-electron chi connectivity index (χ4n) is 1.19. The van der Waals surface area contributed by atoms with Crippen molar-refractivity contribution >= 4 is 58.2 Å². The van der Waals surface area contributed by atoms with Gasteiger partial charge in [-0.05, 0) is 30.9 Å². The zero-order valence-electron chi connectivity index (χ0n) is 9.51. The van der Waals surface area contributed by atoms with Crippen LogP contribution in [0, 0.1) is 0 Å². The van der Waals surface area contributed by atoms with Crippen molar-refractivity contribution in [1.82, 2.24) is 0 Å². The smallest absolute Gasteiger partial charge is 0.234 e. The van der Waals surface area contributed by atoms with E-state index in [-0.39, 0.29) is 5.91 Å². The first-order valence-electron chi connectivity index (χ1n) is 5.26. The second-order valence-corrected chi connectivity index (χ2v) is 5.84. The molecule has 0 bridgehead atoms. The number of thioether (sulfide) groups is 1. The van der Waals surface area contributed by atoms with Gasteiger partial charge in [0, 0.05) is 5.02 Å². The number of halogens is 3. The molecule has 0 unspecified atom stereocenters. The molecule has 3 N–H and O–H groups in total. The predicted octanol–water partition coefficient (Wildman–Crippen LogP) is 3.67. The highest BCUT2D eigenvalue weighted by atomic mass is 35.5. The second-order valence-electron chi connectivity index (χ2n) is 3.49. The lowest BCUT2D eigenvalue weighted by molar-refractivity contribution is -0.113. The lowest BCUT2D eigenvalue weighted by Crippen LogP contribution is -2.15. The van der Waals surface area contributed by atoms with Gasteiger partial charge in [-0.1, -0.05) is 34.8 Å². The van der Waals surface area contributed by atoms with E-state index in [9.17, 15) is 4.79 Å². The molecule has 0 fully saturated rings. The van der Waals surface area contributed by atoms with E-state index in [0.717, 1.165) is 12.2 Å². The summed E-state index contributed by atoms with van der Waals surface area (Å²) in [5, 5.41) is 3.75. The van der Waals surface area contributed by atoms with Gasteiger partial charge in [0.1, 0.15) is 0 Å². The van der Waals surface area contributed by atoms with Gasteiger partial charge in [-0.15, -0.1) is 0 Å². The molecule has 0 spiro atoms. The minimum Gasteiger partial charge on any atom is -0.330 e. The number of benzene rings is 1. The van der Waals surface area contributed by atoms with Crippen molar-refractivity contribution in [2.24, 2.45) is 5.73 Å². The van der Waals surface area contributed by atoms with Crippen LogP contribution in [0.25, 0.3) is 0 Å². The van der Waals surface area contributed by atoms with E-state index >= 15 is 0 Å². The maximum absolute atomic E-state index is 11.7. The summed E-state index contributed by atoms with van der Waals surface area (Å²) in [6.45, 7) is 0.628. The highest BCUT2D eigenvalue weighted by molar-refractivity contribution is 7.99. The third-order valence-corrected chi connectivity index (χ3v) is 3.86. The molecule has 0 saturated carbocycles. The van der Waals surface area contributed by atoms with Crippen LogP contribution < -0.4 is 11.1 Å². The molecule has 1 amide bonds. The summed E-state index contributed by atoms with van der Waals surface area (Å²) in [5.74, 6) is 1.05. The number of carbonyl (C=O) groups excluding carboxylic acids is 1. The molecule has 0 atom stereocenters. The molecule has 0 aliphatic rings. The molecule has 0 saturated heterocycles. The van der Waals surface area contributed by atoms with Gasteiger partial charge in [0.2, 0.25) is 5.91 Å². The molecule has 100 valence electrons. The molecular formula is C11H13Cl3N2OS. The van der Waals surface area contributed by atoms with Crippen LogP contribution in [0.2, 0.25) is 15.1 Å². The first-order chi connectivity index (χ1) is 8.54. The van der Waals surface area contributed by atoms with Crippen molar-refractivity contribution in [3.8, 4) is 0 Å². The summed E-state index contributed by atoms with van der Waals surface area (Å²) in [4.78, 5) is 11.7. The third-order valence-electron chi connectivity index (χ3n) is 2.00. The Hall–Kier alpha value is -0.130. The largest absolute Gasteiger partial charge is 0.330 e. The molecule has 0 aromatic heterocycles. The number of nitrogens with one attached hydrogen (secondary N) is 1. The summed E-state index contributed by atoms with van der Waals surface area (Å²) in [7, 11) is 0. The molecule has 0 radical (unpaired) electrons. The fraction of sp³-hybridized carbons (Fsp3) is 0.364. The SMILES string of the molecule is NCCCSCC(=O)Nc1c(Cl)cc(Cl)cc1Cl. The van der Waals surface area contributed by atoms with Crippen LogP contribution in [0.1, 0.15) is 6.42 Å². The van der Waals surface area contributed by atoms with Gasteiger partial charge < -0.3 is 11.1 Å². The van der Waals surface area contributed by atoms with Gasteiger partial charge in [-0.2, -0.15) is 11.8 Å². The summed E-state index contributed by atoms with van der Waals surface area (Å²) in [6.07, 6.45) is 0.889. The summed E-state index contributed by atoms with van der Waals surface area (Å²) in [5.41, 5.74) is 5.76. The minimum absolute atomic E-state index is 0.150. The van der Waals surface area contributed by atoms with Gasteiger partial charge in [0.25, 0.3) is 0 Å². The van der Waals surface area contributed by atoms with E-state index in [4.69, 9.17) is 40.5 Å². The highest BCUT2D eigenvalue weighted by Gasteiger charge is 2.11. The molecule has 1 rings (SSSR count). The second kappa shape index (κ2) is 8.12. The lowest BCUT2D eigenvalue weighted by Gasteiger charge is -2.09. The first kappa shape index (κ1) is 15.9. The van der Waals surface area contributed by atoms with Crippen LogP contribution in [0.5, 0.6) is 0 Å². The standard InChI is InChI=1S/C11H13Cl3N2OS/c12-7-4-8(13)11(9(14)5-7)16-10(17)6-18-3-1-2-15/h4-5H,1-3,6,15H2,(H,16,17). The van der Waals surface area contributed by atoms with E-state index in [2.05, 4.69) is 5.32 Å². The number of rotatable bonds is 6. The van der Waals surface area contributed by atoms with Crippen LogP contribution in [-0.4, -0.2) is 24.0 Å². The van der Waals surface area contributed by atoms with Crippen LogP contribution >= 0.6 is 46.6 Å². The van der Waals surface area contributed by atoms with Crippen LogP contribution in [0.15, 0.2) is 12.1 Å². The molecule has 18 heavy (non-hydrogen) atoms. The van der Waals surface area contributed by atoms with Crippen LogP contribution in [0.4, 0.5) is 5.69 Å². The van der Waals surface area contributed by atoms with E-state index in [1.54, 1.807) is 0 Å². The number of carbonyl (C=O) groups is 1. The predicted molar refractivity (Wildman–Crippen MR) is 81.1 cm³/mol. The number of hydrogen-bond donors (Lipinski definition) is 2. The Morgan fingerprint density at radius 2 is 1.89 bits per heavy atom. The van der Waals surface area contributed by atoms with Gasteiger partial charge >= 0.3 is 0 Å². The topological polar surface area (TPSA) is 55.1 Å². The Morgan fingerprint density at radius 1 is 1.28 bits per heavy atom. The average Bonchev–Trinajstić information content (AvgIpc) is 2.29. The van der Waals surface area contributed by atoms with Crippen molar-refractivity contribution in [1.29, 1.82) is 0 Å². The van der Waals surface area contributed by atoms with Gasteiger partial charge in [-0.3, -0.25) is 4.79 Å². The summed E-state index contributed by atoms with van der Waals surface area (Å²) < 4.78 is 0. The molecule has 1 aromatic rings. The lowest BCUT2D eigenvalue weighted by atomic mass is 10.3. The van der Waals surface area contributed by atoms with E-state index < -0.39 is 0 Å². The van der Waals surface area contributed by atoms with Crippen LogP contribution in [0.3, 0.4) is 0 Å². The zero-order chi connectivity index (χ0) is 13.5. The Morgan fingerprint density at radius 3 is 2.44 bits per heavy atom.